The summed E-state index contributed by atoms with van der Waals surface area (Å²) in [6.07, 6.45) is 1.41. The first kappa shape index (κ1) is 13.0. The topological polar surface area (TPSA) is 37.4 Å². The second-order valence-electron chi connectivity index (χ2n) is 4.38. The molecule has 5 heteroatoms. The third-order valence-electron chi connectivity index (χ3n) is 2.94. The lowest BCUT2D eigenvalue weighted by Crippen LogP contribution is -2.40. The highest BCUT2D eigenvalue weighted by molar-refractivity contribution is 6.30. The molecular formula is C13H13ClFNO2. The van der Waals surface area contributed by atoms with E-state index in [1.807, 2.05) is 0 Å². The average molecular weight is 270 g/mol. The number of benzene rings is 1. The van der Waals surface area contributed by atoms with Crippen molar-refractivity contribution in [2.24, 2.45) is 0 Å². The van der Waals surface area contributed by atoms with E-state index in [1.54, 1.807) is 4.90 Å². The summed E-state index contributed by atoms with van der Waals surface area (Å²) < 4.78 is 13.0. The first-order valence-corrected chi connectivity index (χ1v) is 6.17. The fourth-order valence-electron chi connectivity index (χ4n) is 1.99. The van der Waals surface area contributed by atoms with Crippen molar-refractivity contribution in [1.82, 2.24) is 4.90 Å². The molecule has 0 bridgehead atoms. The van der Waals surface area contributed by atoms with Crippen molar-refractivity contribution >= 4 is 23.3 Å². The highest BCUT2D eigenvalue weighted by atomic mass is 35.5. The van der Waals surface area contributed by atoms with E-state index in [-0.39, 0.29) is 29.7 Å². The maximum Gasteiger partial charge on any atom is 0.227 e. The molecule has 1 aromatic carbocycles. The minimum absolute atomic E-state index is 0.00928. The van der Waals surface area contributed by atoms with Crippen LogP contribution in [0.5, 0.6) is 0 Å². The quantitative estimate of drug-likeness (QED) is 0.826. The lowest BCUT2D eigenvalue weighted by Gasteiger charge is -2.25. The van der Waals surface area contributed by atoms with E-state index in [1.165, 1.54) is 18.2 Å². The van der Waals surface area contributed by atoms with Gasteiger partial charge in [0, 0.05) is 13.0 Å². The smallest absolute Gasteiger partial charge is 0.227 e. The van der Waals surface area contributed by atoms with Crippen molar-refractivity contribution in [2.75, 3.05) is 13.1 Å². The van der Waals surface area contributed by atoms with E-state index in [0.717, 1.165) is 6.42 Å². The summed E-state index contributed by atoms with van der Waals surface area (Å²) in [7, 11) is 0. The van der Waals surface area contributed by atoms with Gasteiger partial charge in [-0.15, -0.1) is 0 Å². The zero-order chi connectivity index (χ0) is 13.1. The van der Waals surface area contributed by atoms with Gasteiger partial charge < -0.3 is 4.90 Å². The van der Waals surface area contributed by atoms with Crippen LogP contribution in [0, 0.1) is 5.82 Å². The van der Waals surface area contributed by atoms with Crippen LogP contribution in [0.3, 0.4) is 0 Å². The Morgan fingerprint density at radius 2 is 2.22 bits per heavy atom. The van der Waals surface area contributed by atoms with Crippen LogP contribution in [-0.2, 0) is 16.0 Å². The highest BCUT2D eigenvalue weighted by Crippen LogP contribution is 2.17. The largest absolute Gasteiger partial charge is 0.335 e. The number of carbonyl (C=O) groups is 2. The standard InChI is InChI=1S/C13H13ClFNO2/c14-11-6-9(3-4-12(11)15)7-13(18)16-5-1-2-10(17)8-16/h3-4,6H,1-2,5,7-8H2. The molecule has 2 rings (SSSR count). The Balaban J connectivity index is 2.02. The summed E-state index contributed by atoms with van der Waals surface area (Å²) in [4.78, 5) is 24.8. The first-order valence-electron chi connectivity index (χ1n) is 5.79. The van der Waals surface area contributed by atoms with E-state index in [0.29, 0.717) is 18.5 Å². The molecule has 1 heterocycles. The van der Waals surface area contributed by atoms with Crippen LogP contribution in [0.25, 0.3) is 0 Å². The van der Waals surface area contributed by atoms with Gasteiger partial charge in [0.1, 0.15) is 5.82 Å². The molecule has 1 saturated heterocycles. The van der Waals surface area contributed by atoms with Gasteiger partial charge in [-0.05, 0) is 24.1 Å². The van der Waals surface area contributed by atoms with Crippen molar-refractivity contribution < 1.29 is 14.0 Å². The van der Waals surface area contributed by atoms with E-state index in [9.17, 15) is 14.0 Å². The number of amides is 1. The molecule has 0 aromatic heterocycles. The van der Waals surface area contributed by atoms with Crippen molar-refractivity contribution in [1.29, 1.82) is 0 Å². The summed E-state index contributed by atoms with van der Waals surface area (Å²) in [5, 5.41) is 0.00928. The van der Waals surface area contributed by atoms with E-state index >= 15 is 0 Å². The minimum Gasteiger partial charge on any atom is -0.335 e. The molecule has 1 aliphatic rings. The third kappa shape index (κ3) is 3.07. The molecular weight excluding hydrogens is 257 g/mol. The summed E-state index contributed by atoms with van der Waals surface area (Å²) in [5.74, 6) is -0.529. The van der Waals surface area contributed by atoms with Gasteiger partial charge in [0.25, 0.3) is 0 Å². The van der Waals surface area contributed by atoms with Gasteiger partial charge in [-0.3, -0.25) is 9.59 Å². The maximum absolute atomic E-state index is 13.0. The predicted octanol–water partition coefficient (Wildman–Crippen LogP) is 2.21. The van der Waals surface area contributed by atoms with Gasteiger partial charge in [0.05, 0.1) is 18.0 Å². The molecule has 0 aliphatic carbocycles. The maximum atomic E-state index is 13.0. The van der Waals surface area contributed by atoms with Crippen LogP contribution in [-0.4, -0.2) is 29.7 Å². The second kappa shape index (κ2) is 5.48. The number of ketones is 1. The number of halogens is 2. The van der Waals surface area contributed by atoms with Crippen LogP contribution in [0.1, 0.15) is 18.4 Å². The summed E-state index contributed by atoms with van der Waals surface area (Å²) in [6.45, 7) is 0.799. The molecule has 0 spiro atoms. The number of hydrogen-bond acceptors (Lipinski definition) is 2. The average Bonchev–Trinajstić information content (AvgIpc) is 2.34. The zero-order valence-corrected chi connectivity index (χ0v) is 10.5. The van der Waals surface area contributed by atoms with Crippen LogP contribution in [0.15, 0.2) is 18.2 Å². The van der Waals surface area contributed by atoms with Crippen LogP contribution < -0.4 is 0 Å². The van der Waals surface area contributed by atoms with E-state index in [2.05, 4.69) is 0 Å². The second-order valence-corrected chi connectivity index (χ2v) is 4.79. The van der Waals surface area contributed by atoms with Crippen molar-refractivity contribution in [3.8, 4) is 0 Å². The molecule has 0 N–H and O–H groups in total. The van der Waals surface area contributed by atoms with Crippen molar-refractivity contribution in [2.45, 2.75) is 19.3 Å². The number of piperidine rings is 1. The molecule has 0 atom stereocenters. The van der Waals surface area contributed by atoms with Gasteiger partial charge in [-0.25, -0.2) is 4.39 Å². The third-order valence-corrected chi connectivity index (χ3v) is 3.23. The number of carbonyl (C=O) groups excluding carboxylic acids is 2. The highest BCUT2D eigenvalue weighted by Gasteiger charge is 2.21. The molecule has 96 valence electrons. The molecule has 18 heavy (non-hydrogen) atoms. The van der Waals surface area contributed by atoms with Gasteiger partial charge in [0.2, 0.25) is 5.91 Å². The molecule has 3 nitrogen and oxygen atoms in total. The minimum atomic E-state index is -0.499. The molecule has 1 amide bonds. The normalized spacial score (nSPS) is 15.9. The molecule has 1 aliphatic heterocycles. The van der Waals surface area contributed by atoms with Crippen LogP contribution >= 0.6 is 11.6 Å². The zero-order valence-electron chi connectivity index (χ0n) is 9.79. The molecule has 0 unspecified atom stereocenters. The Bertz CT molecular complexity index is 490. The lowest BCUT2D eigenvalue weighted by atomic mass is 10.1. The van der Waals surface area contributed by atoms with E-state index < -0.39 is 5.82 Å². The Morgan fingerprint density at radius 1 is 1.44 bits per heavy atom. The molecule has 0 radical (unpaired) electrons. The van der Waals surface area contributed by atoms with Gasteiger partial charge >= 0.3 is 0 Å². The van der Waals surface area contributed by atoms with Crippen molar-refractivity contribution in [3.63, 3.8) is 0 Å². The SMILES string of the molecule is O=C1CCCN(C(=O)Cc2ccc(F)c(Cl)c2)C1. The Morgan fingerprint density at radius 3 is 2.89 bits per heavy atom. The van der Waals surface area contributed by atoms with Gasteiger partial charge in [-0.1, -0.05) is 17.7 Å². The first-order chi connectivity index (χ1) is 8.56. The van der Waals surface area contributed by atoms with Crippen LogP contribution in [0.2, 0.25) is 5.02 Å². The fraction of sp³-hybridized carbons (Fsp3) is 0.385. The predicted molar refractivity (Wildman–Crippen MR) is 65.9 cm³/mol. The fourth-order valence-corrected chi connectivity index (χ4v) is 2.19. The summed E-state index contributed by atoms with van der Waals surface area (Å²) >= 11 is 5.65. The van der Waals surface area contributed by atoms with Crippen LogP contribution in [0.4, 0.5) is 4.39 Å². The van der Waals surface area contributed by atoms with Gasteiger partial charge in [0.15, 0.2) is 5.78 Å². The Hall–Kier alpha value is -1.42. The number of rotatable bonds is 2. The number of hydrogen-bond donors (Lipinski definition) is 0. The Labute approximate surface area is 110 Å². The summed E-state index contributed by atoms with van der Waals surface area (Å²) in [5.41, 5.74) is 0.657. The van der Waals surface area contributed by atoms with Crippen molar-refractivity contribution in [3.05, 3.63) is 34.6 Å². The number of nitrogens with zero attached hydrogens (tertiary/aromatic N) is 1. The number of likely N-dealkylation sites (tertiary alicyclic amines) is 1. The molecule has 1 fully saturated rings. The lowest BCUT2D eigenvalue weighted by molar-refractivity contribution is -0.137. The van der Waals surface area contributed by atoms with E-state index in [4.69, 9.17) is 11.6 Å². The molecule has 0 saturated carbocycles. The monoisotopic (exact) mass is 269 g/mol. The summed E-state index contributed by atoms with van der Waals surface area (Å²) in [6, 6.07) is 4.22. The molecule has 1 aromatic rings. The number of Topliss-reactive ketones (excluding diaryl/α,β-unsaturated/α-hetero) is 1. The van der Waals surface area contributed by atoms with Gasteiger partial charge in [-0.2, -0.15) is 0 Å². The Kier molecular flexibility index (Phi) is 3.97.